The maximum atomic E-state index is 12.6. The molecule has 2 N–H and O–H groups in total. The fourth-order valence-electron chi connectivity index (χ4n) is 3.65. The lowest BCUT2D eigenvalue weighted by atomic mass is 9.96. The SMILES string of the molecule is Cc1cc(N2CCC[C@@H](C(=O)N3CCCC3)C2)nc(N)c1[N+](=O)[O-]. The zero-order chi connectivity index (χ0) is 17.3. The second-order valence-corrected chi connectivity index (χ2v) is 6.61. The average Bonchev–Trinajstić information content (AvgIpc) is 3.07. The molecule has 0 aromatic carbocycles. The van der Waals surface area contributed by atoms with Gasteiger partial charge in [-0.3, -0.25) is 14.9 Å². The van der Waals surface area contributed by atoms with Crippen molar-refractivity contribution < 1.29 is 9.72 Å². The molecule has 1 aromatic rings. The molecular formula is C16H23N5O3. The molecule has 2 aliphatic rings. The van der Waals surface area contributed by atoms with Crippen LogP contribution in [0.25, 0.3) is 0 Å². The summed E-state index contributed by atoms with van der Waals surface area (Å²) in [5, 5.41) is 11.0. The van der Waals surface area contributed by atoms with Crippen LogP contribution in [0.2, 0.25) is 0 Å². The topological polar surface area (TPSA) is 106 Å². The van der Waals surface area contributed by atoms with Gasteiger partial charge in [-0.1, -0.05) is 0 Å². The highest BCUT2D eigenvalue weighted by Gasteiger charge is 2.31. The third-order valence-corrected chi connectivity index (χ3v) is 4.89. The van der Waals surface area contributed by atoms with Crippen molar-refractivity contribution >= 4 is 23.2 Å². The molecule has 3 heterocycles. The fraction of sp³-hybridized carbons (Fsp3) is 0.625. The summed E-state index contributed by atoms with van der Waals surface area (Å²) >= 11 is 0. The largest absolute Gasteiger partial charge is 0.378 e. The minimum atomic E-state index is -0.503. The Morgan fingerprint density at radius 3 is 2.67 bits per heavy atom. The molecule has 0 radical (unpaired) electrons. The summed E-state index contributed by atoms with van der Waals surface area (Å²) in [7, 11) is 0. The van der Waals surface area contributed by atoms with Crippen molar-refractivity contribution in [2.24, 2.45) is 5.92 Å². The highest BCUT2D eigenvalue weighted by molar-refractivity contribution is 5.80. The molecule has 2 aliphatic heterocycles. The number of carbonyl (C=O) groups is 1. The molecule has 0 aliphatic carbocycles. The Morgan fingerprint density at radius 1 is 1.33 bits per heavy atom. The van der Waals surface area contributed by atoms with Gasteiger partial charge in [0.05, 0.1) is 10.8 Å². The van der Waals surface area contributed by atoms with Gasteiger partial charge in [0.2, 0.25) is 11.7 Å². The van der Waals surface area contributed by atoms with Crippen molar-refractivity contribution in [2.45, 2.75) is 32.6 Å². The lowest BCUT2D eigenvalue weighted by Gasteiger charge is -2.34. The summed E-state index contributed by atoms with van der Waals surface area (Å²) in [5.41, 5.74) is 6.13. The van der Waals surface area contributed by atoms with Gasteiger partial charge >= 0.3 is 5.69 Å². The quantitative estimate of drug-likeness (QED) is 0.667. The number of nitrogens with zero attached hydrogens (tertiary/aromatic N) is 4. The number of aromatic nitrogens is 1. The normalized spacial score (nSPS) is 21.1. The summed E-state index contributed by atoms with van der Waals surface area (Å²) in [4.78, 5) is 31.3. The number of nitro groups is 1. The monoisotopic (exact) mass is 333 g/mol. The number of nitrogen functional groups attached to an aromatic ring is 1. The Labute approximate surface area is 140 Å². The number of amides is 1. The molecule has 2 saturated heterocycles. The van der Waals surface area contributed by atoms with Crippen molar-refractivity contribution in [3.05, 3.63) is 21.7 Å². The first-order chi connectivity index (χ1) is 11.5. The minimum absolute atomic E-state index is 0.0321. The van der Waals surface area contributed by atoms with Gasteiger partial charge < -0.3 is 15.5 Å². The van der Waals surface area contributed by atoms with Gasteiger partial charge in [0.15, 0.2) is 0 Å². The number of hydrogen-bond donors (Lipinski definition) is 1. The number of carbonyl (C=O) groups excluding carboxylic acids is 1. The van der Waals surface area contributed by atoms with Gasteiger partial charge in [-0.25, -0.2) is 4.98 Å². The minimum Gasteiger partial charge on any atom is -0.378 e. The molecule has 0 saturated carbocycles. The van der Waals surface area contributed by atoms with E-state index >= 15 is 0 Å². The second-order valence-electron chi connectivity index (χ2n) is 6.61. The number of pyridine rings is 1. The molecule has 8 heteroatoms. The Kier molecular flexibility index (Phi) is 4.55. The third-order valence-electron chi connectivity index (χ3n) is 4.89. The first-order valence-electron chi connectivity index (χ1n) is 8.42. The van der Waals surface area contributed by atoms with Crippen LogP contribution >= 0.6 is 0 Å². The van der Waals surface area contributed by atoms with Crippen LogP contribution in [0.1, 0.15) is 31.2 Å². The van der Waals surface area contributed by atoms with Crippen molar-refractivity contribution in [1.82, 2.24) is 9.88 Å². The average molecular weight is 333 g/mol. The van der Waals surface area contributed by atoms with E-state index in [2.05, 4.69) is 4.98 Å². The summed E-state index contributed by atoms with van der Waals surface area (Å²) in [5.74, 6) is 0.747. The number of aryl methyl sites for hydroxylation is 1. The molecule has 1 atom stereocenters. The molecular weight excluding hydrogens is 310 g/mol. The third kappa shape index (κ3) is 3.13. The summed E-state index contributed by atoms with van der Waals surface area (Å²) in [6, 6.07) is 1.69. The van der Waals surface area contributed by atoms with Crippen LogP contribution in [0, 0.1) is 23.0 Å². The number of likely N-dealkylation sites (tertiary alicyclic amines) is 1. The molecule has 24 heavy (non-hydrogen) atoms. The Hall–Kier alpha value is -2.38. The smallest absolute Gasteiger partial charge is 0.314 e. The van der Waals surface area contributed by atoms with Crippen molar-refractivity contribution in [1.29, 1.82) is 0 Å². The zero-order valence-corrected chi connectivity index (χ0v) is 13.9. The van der Waals surface area contributed by atoms with Crippen LogP contribution in [0.4, 0.5) is 17.3 Å². The van der Waals surface area contributed by atoms with E-state index in [1.807, 2.05) is 9.80 Å². The molecule has 1 aromatic heterocycles. The van der Waals surface area contributed by atoms with Crippen molar-refractivity contribution in [2.75, 3.05) is 36.8 Å². The zero-order valence-electron chi connectivity index (χ0n) is 13.9. The van der Waals surface area contributed by atoms with Gasteiger partial charge in [0.1, 0.15) is 5.82 Å². The van der Waals surface area contributed by atoms with Gasteiger partial charge in [-0.05, 0) is 38.7 Å². The first-order valence-corrected chi connectivity index (χ1v) is 8.42. The van der Waals surface area contributed by atoms with E-state index < -0.39 is 4.92 Å². The summed E-state index contributed by atoms with van der Waals surface area (Å²) in [6.45, 7) is 4.76. The summed E-state index contributed by atoms with van der Waals surface area (Å²) < 4.78 is 0. The highest BCUT2D eigenvalue weighted by Crippen LogP contribution is 2.30. The molecule has 3 rings (SSSR count). The molecule has 0 unspecified atom stereocenters. The van der Waals surface area contributed by atoms with Gasteiger partial charge in [-0.15, -0.1) is 0 Å². The van der Waals surface area contributed by atoms with Crippen molar-refractivity contribution in [3.63, 3.8) is 0 Å². The first kappa shape index (κ1) is 16.5. The summed E-state index contributed by atoms with van der Waals surface area (Å²) in [6.07, 6.45) is 3.96. The second kappa shape index (κ2) is 6.62. The van der Waals surface area contributed by atoms with E-state index in [9.17, 15) is 14.9 Å². The molecule has 8 nitrogen and oxygen atoms in total. The maximum Gasteiger partial charge on any atom is 0.314 e. The number of nitrogens with two attached hydrogens (primary N) is 1. The van der Waals surface area contributed by atoms with E-state index in [-0.39, 0.29) is 23.3 Å². The lowest BCUT2D eigenvalue weighted by Crippen LogP contribution is -2.44. The Balaban J connectivity index is 1.77. The number of piperidine rings is 1. The van der Waals surface area contributed by atoms with Crippen LogP contribution in [0.15, 0.2) is 6.07 Å². The predicted molar refractivity (Wildman–Crippen MR) is 90.8 cm³/mol. The van der Waals surface area contributed by atoms with E-state index in [0.29, 0.717) is 17.9 Å². The van der Waals surface area contributed by atoms with Gasteiger partial charge in [-0.2, -0.15) is 0 Å². The van der Waals surface area contributed by atoms with Crippen molar-refractivity contribution in [3.8, 4) is 0 Å². The molecule has 0 bridgehead atoms. The maximum absolute atomic E-state index is 12.6. The van der Waals surface area contributed by atoms with E-state index in [0.717, 1.165) is 45.3 Å². The molecule has 1 amide bonds. The Bertz CT molecular complexity index is 634. The molecule has 130 valence electrons. The Morgan fingerprint density at radius 2 is 2.04 bits per heavy atom. The fourth-order valence-corrected chi connectivity index (χ4v) is 3.65. The number of rotatable bonds is 3. The van der Waals surface area contributed by atoms with Gasteiger partial charge in [0.25, 0.3) is 0 Å². The molecule has 0 spiro atoms. The predicted octanol–water partition coefficient (Wildman–Crippen LogP) is 1.72. The number of anilines is 2. The van der Waals surface area contributed by atoms with Gasteiger partial charge in [0, 0.05) is 31.7 Å². The van der Waals surface area contributed by atoms with Crippen LogP contribution < -0.4 is 10.6 Å². The molecule has 2 fully saturated rings. The van der Waals surface area contributed by atoms with E-state index in [1.165, 1.54) is 0 Å². The standard InChI is InChI=1S/C16H23N5O3/c1-11-9-13(18-15(17)14(11)21(23)24)20-8-4-5-12(10-20)16(22)19-6-2-3-7-19/h9,12H,2-8,10H2,1H3,(H2,17,18)/t12-/m1/s1. The van der Waals surface area contributed by atoms with E-state index in [4.69, 9.17) is 5.73 Å². The lowest BCUT2D eigenvalue weighted by molar-refractivity contribution is -0.384. The highest BCUT2D eigenvalue weighted by atomic mass is 16.6. The van der Waals surface area contributed by atoms with Crippen LogP contribution in [0.3, 0.4) is 0 Å². The van der Waals surface area contributed by atoms with E-state index in [1.54, 1.807) is 13.0 Å². The van der Waals surface area contributed by atoms with Crippen LogP contribution in [-0.4, -0.2) is 46.9 Å². The van der Waals surface area contributed by atoms with Crippen LogP contribution in [0.5, 0.6) is 0 Å². The number of hydrogen-bond acceptors (Lipinski definition) is 6. The van der Waals surface area contributed by atoms with Crippen LogP contribution in [-0.2, 0) is 4.79 Å².